The Morgan fingerprint density at radius 3 is 2.56 bits per heavy atom. The van der Waals surface area contributed by atoms with Gasteiger partial charge < -0.3 is 19.7 Å². The molecule has 1 fully saturated rings. The molecule has 3 aromatic carbocycles. The predicted molar refractivity (Wildman–Crippen MR) is 126 cm³/mol. The summed E-state index contributed by atoms with van der Waals surface area (Å²) in [5, 5.41) is 5.17. The molecule has 0 radical (unpaired) electrons. The van der Waals surface area contributed by atoms with Gasteiger partial charge in [-0.1, -0.05) is 48.0 Å². The van der Waals surface area contributed by atoms with E-state index >= 15 is 0 Å². The highest BCUT2D eigenvalue weighted by Gasteiger charge is 2.22. The summed E-state index contributed by atoms with van der Waals surface area (Å²) in [4.78, 5) is 2.00. The number of hydrazone groups is 1. The second-order valence-corrected chi connectivity index (χ2v) is 9.59. The van der Waals surface area contributed by atoms with E-state index in [2.05, 4.69) is 10.0 Å². The van der Waals surface area contributed by atoms with Crippen LogP contribution in [0, 0.1) is 5.92 Å². The molecule has 0 spiro atoms. The Labute approximate surface area is 192 Å². The zero-order valence-electron chi connectivity index (χ0n) is 17.4. The standard InChI is InChI=1S/C23H24ClN3O4S/c24-21-7-3-4-8-23(21)32(28,29)31-22-14-19(13-18-5-1-2-6-20(18)22)30-15-17-9-11-27(12-10-17)16-26-25/h1-8,13-14,16-17H,9-12,15,25H2. The maximum absolute atomic E-state index is 12.9. The predicted octanol–water partition coefficient (Wildman–Crippen LogP) is 4.25. The van der Waals surface area contributed by atoms with Crippen molar-refractivity contribution < 1.29 is 17.3 Å². The van der Waals surface area contributed by atoms with Crippen LogP contribution in [0.4, 0.5) is 0 Å². The van der Waals surface area contributed by atoms with E-state index < -0.39 is 10.1 Å². The molecule has 1 aliphatic heterocycles. The monoisotopic (exact) mass is 473 g/mol. The van der Waals surface area contributed by atoms with Gasteiger partial charge in [0.2, 0.25) is 0 Å². The Morgan fingerprint density at radius 1 is 1.09 bits per heavy atom. The zero-order valence-corrected chi connectivity index (χ0v) is 18.9. The van der Waals surface area contributed by atoms with Crippen molar-refractivity contribution in [3.8, 4) is 11.5 Å². The number of ether oxygens (including phenoxy) is 1. The van der Waals surface area contributed by atoms with Crippen LogP contribution >= 0.6 is 11.6 Å². The molecule has 7 nitrogen and oxygen atoms in total. The van der Waals surface area contributed by atoms with Gasteiger partial charge in [0, 0.05) is 24.5 Å². The molecular weight excluding hydrogens is 450 g/mol. The van der Waals surface area contributed by atoms with Crippen molar-refractivity contribution in [2.24, 2.45) is 16.9 Å². The van der Waals surface area contributed by atoms with Gasteiger partial charge in [-0.15, -0.1) is 0 Å². The van der Waals surface area contributed by atoms with Gasteiger partial charge in [0.15, 0.2) is 5.75 Å². The number of hydrogen-bond donors (Lipinski definition) is 1. The normalized spacial score (nSPS) is 15.3. The minimum absolute atomic E-state index is 0.0788. The number of hydrogen-bond acceptors (Lipinski definition) is 6. The highest BCUT2D eigenvalue weighted by molar-refractivity contribution is 7.87. The summed E-state index contributed by atoms with van der Waals surface area (Å²) >= 11 is 6.09. The van der Waals surface area contributed by atoms with E-state index in [9.17, 15) is 8.42 Å². The molecule has 0 saturated carbocycles. The van der Waals surface area contributed by atoms with Gasteiger partial charge in [0.1, 0.15) is 17.0 Å². The maximum Gasteiger partial charge on any atom is 0.340 e. The summed E-state index contributed by atoms with van der Waals surface area (Å²) in [5.74, 6) is 6.36. The molecule has 1 saturated heterocycles. The molecule has 1 heterocycles. The number of benzene rings is 3. The lowest BCUT2D eigenvalue weighted by Gasteiger charge is -2.30. The summed E-state index contributed by atoms with van der Waals surface area (Å²) in [6, 6.07) is 17.1. The molecule has 0 atom stereocenters. The van der Waals surface area contributed by atoms with Crippen LogP contribution in [0.1, 0.15) is 12.8 Å². The minimum Gasteiger partial charge on any atom is -0.493 e. The average molecular weight is 474 g/mol. The van der Waals surface area contributed by atoms with Crippen LogP contribution in [0.5, 0.6) is 11.5 Å². The summed E-state index contributed by atoms with van der Waals surface area (Å²) < 4.78 is 37.4. The number of nitrogens with two attached hydrogens (primary N) is 1. The number of nitrogens with zero attached hydrogens (tertiary/aromatic N) is 2. The Hall–Kier alpha value is -2.97. The van der Waals surface area contributed by atoms with Crippen molar-refractivity contribution in [3.05, 3.63) is 65.7 Å². The second-order valence-electron chi connectivity index (χ2n) is 7.67. The van der Waals surface area contributed by atoms with Crippen molar-refractivity contribution in [3.63, 3.8) is 0 Å². The number of rotatable bonds is 7. The molecule has 4 rings (SSSR count). The van der Waals surface area contributed by atoms with Crippen LogP contribution < -0.4 is 14.8 Å². The lowest BCUT2D eigenvalue weighted by molar-refractivity contribution is 0.183. The highest BCUT2D eigenvalue weighted by atomic mass is 35.5. The smallest absolute Gasteiger partial charge is 0.340 e. The number of fused-ring (bicyclic) bond motifs is 1. The average Bonchev–Trinajstić information content (AvgIpc) is 2.79. The van der Waals surface area contributed by atoms with E-state index in [0.717, 1.165) is 31.3 Å². The van der Waals surface area contributed by atoms with Crippen molar-refractivity contribution >= 4 is 38.8 Å². The molecule has 0 amide bonds. The molecule has 3 aromatic rings. The quantitative estimate of drug-likeness (QED) is 0.181. The first-order valence-corrected chi connectivity index (χ1v) is 12.1. The van der Waals surface area contributed by atoms with Gasteiger partial charge in [0.25, 0.3) is 0 Å². The van der Waals surface area contributed by atoms with Crippen molar-refractivity contribution in [2.75, 3.05) is 19.7 Å². The topological polar surface area (TPSA) is 94.2 Å². The molecule has 9 heteroatoms. The van der Waals surface area contributed by atoms with Crippen LogP contribution in [0.25, 0.3) is 10.8 Å². The molecule has 168 valence electrons. The van der Waals surface area contributed by atoms with Crippen molar-refractivity contribution in [1.82, 2.24) is 4.90 Å². The number of likely N-dealkylation sites (tertiary alicyclic amines) is 1. The number of piperidine rings is 1. The Kier molecular flexibility index (Phi) is 6.72. The molecule has 2 N–H and O–H groups in total. The number of halogens is 1. The fourth-order valence-electron chi connectivity index (χ4n) is 3.76. The molecule has 0 aromatic heterocycles. The Balaban J connectivity index is 1.55. The van der Waals surface area contributed by atoms with Crippen LogP contribution in [-0.4, -0.2) is 39.4 Å². The SMILES string of the molecule is NN=CN1CCC(COc2cc(OS(=O)(=O)c3ccccc3Cl)c3ccccc3c2)CC1. The fraction of sp³-hybridized carbons (Fsp3) is 0.261. The highest BCUT2D eigenvalue weighted by Crippen LogP contribution is 2.34. The third kappa shape index (κ3) is 5.08. The van der Waals surface area contributed by atoms with Gasteiger partial charge in [0.05, 0.1) is 11.6 Å². The van der Waals surface area contributed by atoms with Gasteiger partial charge in [-0.2, -0.15) is 13.5 Å². The fourth-order valence-corrected chi connectivity index (χ4v) is 5.19. The van der Waals surface area contributed by atoms with Gasteiger partial charge in [-0.3, -0.25) is 0 Å². The third-order valence-corrected chi connectivity index (χ3v) is 7.20. The summed E-state index contributed by atoms with van der Waals surface area (Å²) in [6.07, 6.45) is 3.58. The molecular formula is C23H24ClN3O4S. The Bertz CT molecular complexity index is 1220. The van der Waals surface area contributed by atoms with Crippen LogP contribution in [0.2, 0.25) is 5.02 Å². The molecule has 0 bridgehead atoms. The lowest BCUT2D eigenvalue weighted by Crippen LogP contribution is -2.34. The van der Waals surface area contributed by atoms with Crippen LogP contribution in [-0.2, 0) is 10.1 Å². The first-order chi connectivity index (χ1) is 15.5. The van der Waals surface area contributed by atoms with Crippen LogP contribution in [0.3, 0.4) is 0 Å². The largest absolute Gasteiger partial charge is 0.493 e. The zero-order chi connectivity index (χ0) is 22.6. The maximum atomic E-state index is 12.9. The summed E-state index contributed by atoms with van der Waals surface area (Å²) in [6.45, 7) is 2.27. The van der Waals surface area contributed by atoms with E-state index in [1.807, 2.05) is 30.3 Å². The van der Waals surface area contributed by atoms with Gasteiger partial charge in [-0.25, -0.2) is 0 Å². The van der Waals surface area contributed by atoms with E-state index in [1.54, 1.807) is 24.5 Å². The first-order valence-electron chi connectivity index (χ1n) is 10.3. The summed E-state index contributed by atoms with van der Waals surface area (Å²) in [5.41, 5.74) is 0. The Morgan fingerprint density at radius 2 is 1.81 bits per heavy atom. The second kappa shape index (κ2) is 9.67. The molecule has 0 aliphatic carbocycles. The molecule has 1 aliphatic rings. The van der Waals surface area contributed by atoms with E-state index in [-0.39, 0.29) is 15.7 Å². The van der Waals surface area contributed by atoms with E-state index in [0.29, 0.717) is 23.7 Å². The van der Waals surface area contributed by atoms with Crippen molar-refractivity contribution in [2.45, 2.75) is 17.7 Å². The minimum atomic E-state index is -4.11. The molecule has 32 heavy (non-hydrogen) atoms. The lowest BCUT2D eigenvalue weighted by atomic mass is 9.98. The third-order valence-electron chi connectivity index (χ3n) is 5.47. The van der Waals surface area contributed by atoms with Crippen molar-refractivity contribution in [1.29, 1.82) is 0 Å². The van der Waals surface area contributed by atoms with E-state index in [4.69, 9.17) is 26.4 Å². The summed E-state index contributed by atoms with van der Waals surface area (Å²) in [7, 11) is -4.11. The first kappa shape index (κ1) is 22.2. The van der Waals surface area contributed by atoms with E-state index in [1.165, 1.54) is 12.1 Å². The molecule has 0 unspecified atom stereocenters. The van der Waals surface area contributed by atoms with Gasteiger partial charge >= 0.3 is 10.1 Å². The van der Waals surface area contributed by atoms with Crippen LogP contribution in [0.15, 0.2) is 70.7 Å². The van der Waals surface area contributed by atoms with Gasteiger partial charge in [-0.05, 0) is 42.3 Å².